The molecule has 0 atom stereocenters. The topological polar surface area (TPSA) is 46.2 Å². The lowest BCUT2D eigenvalue weighted by atomic mass is 10.1. The Hall–Kier alpha value is -1.35. The Kier molecular flexibility index (Phi) is 3.90. The summed E-state index contributed by atoms with van der Waals surface area (Å²) in [4.78, 5) is 19.9. The quantitative estimate of drug-likeness (QED) is 0.604. The van der Waals surface area contributed by atoms with Gasteiger partial charge in [0.15, 0.2) is 0 Å². The van der Waals surface area contributed by atoms with Gasteiger partial charge in [-0.15, -0.1) is 0 Å². The average molecular weight is 255 g/mol. The Bertz CT molecular complexity index is 285. The molecule has 0 unspecified atom stereocenters. The third kappa shape index (κ3) is 2.42. The number of hydrogen-bond acceptors (Lipinski definition) is 2. The second kappa shape index (κ2) is 4.26. The second-order valence-corrected chi connectivity index (χ2v) is 2.52. The lowest BCUT2D eigenvalue weighted by molar-refractivity contribution is -0.344. The molecule has 94 valence electrons. The Morgan fingerprint density at radius 2 is 1.50 bits per heavy atom. The van der Waals surface area contributed by atoms with E-state index in [1.165, 1.54) is 0 Å². The van der Waals surface area contributed by atoms with E-state index in [-0.39, 0.29) is 6.29 Å². The summed E-state index contributed by atoms with van der Waals surface area (Å²) in [6, 6.07) is 0. The maximum Gasteiger partial charge on any atom is 0.460 e. The van der Waals surface area contributed by atoms with Crippen LogP contribution in [-0.4, -0.2) is 36.8 Å². The van der Waals surface area contributed by atoms with Crippen molar-refractivity contribution in [3.8, 4) is 0 Å². The van der Waals surface area contributed by atoms with E-state index in [1.54, 1.807) is 0 Å². The van der Waals surface area contributed by atoms with Crippen LogP contribution >= 0.6 is 0 Å². The smallest absolute Gasteiger partial charge is 0.344 e. The largest absolute Gasteiger partial charge is 0.460 e. The van der Waals surface area contributed by atoms with E-state index in [2.05, 4.69) is 0 Å². The maximum atomic E-state index is 12.4. The standard InChI is InChI=1S/C6H4F7NO2/c7-4(8,3(16)14-1-2-15)5(9,10)6(11,12)13/h2H,1H2,(H,14,16). The van der Waals surface area contributed by atoms with E-state index < -0.39 is 30.5 Å². The summed E-state index contributed by atoms with van der Waals surface area (Å²) in [5.74, 6) is -15.4. The highest BCUT2D eigenvalue weighted by molar-refractivity contribution is 5.86. The third-order valence-corrected chi connectivity index (χ3v) is 1.38. The van der Waals surface area contributed by atoms with Gasteiger partial charge in [0.2, 0.25) is 0 Å². The van der Waals surface area contributed by atoms with Crippen molar-refractivity contribution in [3.63, 3.8) is 0 Å². The van der Waals surface area contributed by atoms with Gasteiger partial charge in [0.05, 0.1) is 6.54 Å². The van der Waals surface area contributed by atoms with Gasteiger partial charge >= 0.3 is 18.0 Å². The molecule has 1 N–H and O–H groups in total. The van der Waals surface area contributed by atoms with Crippen LogP contribution in [0.1, 0.15) is 0 Å². The molecule has 0 spiro atoms. The molecule has 10 heteroatoms. The lowest BCUT2D eigenvalue weighted by Crippen LogP contribution is -2.59. The summed E-state index contributed by atoms with van der Waals surface area (Å²) in [6.07, 6.45) is -6.73. The molecule has 0 aliphatic carbocycles. The minimum Gasteiger partial charge on any atom is -0.344 e. The number of amides is 1. The van der Waals surface area contributed by atoms with Gasteiger partial charge in [-0.1, -0.05) is 0 Å². The molecule has 0 saturated heterocycles. The SMILES string of the molecule is O=CCNC(=O)C(F)(F)C(F)(F)C(F)(F)F. The van der Waals surface area contributed by atoms with Gasteiger partial charge in [0.25, 0.3) is 5.91 Å². The zero-order valence-electron chi connectivity index (χ0n) is 7.25. The van der Waals surface area contributed by atoms with Crippen molar-refractivity contribution in [2.75, 3.05) is 6.54 Å². The highest BCUT2D eigenvalue weighted by Crippen LogP contribution is 2.46. The van der Waals surface area contributed by atoms with Gasteiger partial charge in [0, 0.05) is 0 Å². The van der Waals surface area contributed by atoms with Crippen molar-refractivity contribution < 1.29 is 40.3 Å². The van der Waals surface area contributed by atoms with E-state index in [0.29, 0.717) is 0 Å². The number of rotatable bonds is 4. The summed E-state index contributed by atoms with van der Waals surface area (Å²) < 4.78 is 83.8. The fourth-order valence-electron chi connectivity index (χ4n) is 0.566. The van der Waals surface area contributed by atoms with Gasteiger partial charge in [-0.05, 0) is 0 Å². The minimum atomic E-state index is -6.57. The molecule has 0 fully saturated rings. The average Bonchev–Trinajstić information content (AvgIpc) is 2.11. The highest BCUT2D eigenvalue weighted by Gasteiger charge is 2.76. The van der Waals surface area contributed by atoms with Gasteiger partial charge in [-0.2, -0.15) is 30.7 Å². The van der Waals surface area contributed by atoms with E-state index >= 15 is 0 Å². The molecule has 16 heavy (non-hydrogen) atoms. The number of halogens is 7. The van der Waals surface area contributed by atoms with Crippen LogP contribution in [-0.2, 0) is 9.59 Å². The number of hydrogen-bond donors (Lipinski definition) is 1. The first-order chi connectivity index (χ1) is 6.98. The normalized spacial score (nSPS) is 13.4. The summed E-state index contributed by atoms with van der Waals surface area (Å²) in [5.41, 5.74) is 0. The Morgan fingerprint density at radius 3 is 1.81 bits per heavy atom. The number of alkyl halides is 7. The predicted octanol–water partition coefficient (Wildman–Crippen LogP) is 1.13. The van der Waals surface area contributed by atoms with Crippen LogP contribution in [0.2, 0.25) is 0 Å². The molecule has 0 bridgehead atoms. The van der Waals surface area contributed by atoms with Gasteiger partial charge in [-0.3, -0.25) is 4.79 Å². The first kappa shape index (κ1) is 14.7. The Balaban J connectivity index is 5.03. The molecule has 0 aliphatic heterocycles. The van der Waals surface area contributed by atoms with Crippen molar-refractivity contribution in [2.24, 2.45) is 0 Å². The van der Waals surface area contributed by atoms with Crippen LogP contribution < -0.4 is 5.32 Å². The summed E-state index contributed by atoms with van der Waals surface area (Å²) in [6.45, 7) is -1.09. The van der Waals surface area contributed by atoms with Crippen LogP contribution in [0.15, 0.2) is 0 Å². The number of carbonyl (C=O) groups is 2. The van der Waals surface area contributed by atoms with Crippen molar-refractivity contribution in [3.05, 3.63) is 0 Å². The van der Waals surface area contributed by atoms with E-state index in [1.807, 2.05) is 0 Å². The van der Waals surface area contributed by atoms with Gasteiger partial charge in [0.1, 0.15) is 6.29 Å². The van der Waals surface area contributed by atoms with Gasteiger partial charge < -0.3 is 10.1 Å². The first-order valence-corrected chi connectivity index (χ1v) is 3.52. The second-order valence-electron chi connectivity index (χ2n) is 2.52. The Morgan fingerprint density at radius 1 is 1.06 bits per heavy atom. The van der Waals surface area contributed by atoms with Crippen molar-refractivity contribution >= 4 is 12.2 Å². The molecule has 0 heterocycles. The zero-order valence-corrected chi connectivity index (χ0v) is 7.25. The number of carbonyl (C=O) groups excluding carboxylic acids is 2. The third-order valence-electron chi connectivity index (χ3n) is 1.38. The van der Waals surface area contributed by atoms with Crippen LogP contribution in [0.25, 0.3) is 0 Å². The molecule has 0 aromatic rings. The van der Waals surface area contributed by atoms with E-state index in [4.69, 9.17) is 0 Å². The number of aldehydes is 1. The van der Waals surface area contributed by atoms with E-state index in [9.17, 15) is 40.3 Å². The van der Waals surface area contributed by atoms with Crippen LogP contribution in [0, 0.1) is 0 Å². The maximum absolute atomic E-state index is 12.4. The molecule has 0 saturated carbocycles. The molecule has 0 rings (SSSR count). The predicted molar refractivity (Wildman–Crippen MR) is 35.0 cm³/mol. The monoisotopic (exact) mass is 255 g/mol. The van der Waals surface area contributed by atoms with Crippen molar-refractivity contribution in [1.82, 2.24) is 5.32 Å². The molecule has 0 radical (unpaired) electrons. The highest BCUT2D eigenvalue weighted by atomic mass is 19.4. The van der Waals surface area contributed by atoms with Crippen LogP contribution in [0.5, 0.6) is 0 Å². The van der Waals surface area contributed by atoms with Crippen LogP contribution in [0.3, 0.4) is 0 Å². The summed E-state index contributed by atoms with van der Waals surface area (Å²) >= 11 is 0. The van der Waals surface area contributed by atoms with Crippen molar-refractivity contribution in [1.29, 1.82) is 0 Å². The molecule has 1 amide bonds. The summed E-state index contributed by atoms with van der Waals surface area (Å²) in [5, 5.41) is 0.914. The summed E-state index contributed by atoms with van der Waals surface area (Å²) in [7, 11) is 0. The van der Waals surface area contributed by atoms with Gasteiger partial charge in [-0.25, -0.2) is 0 Å². The molecule has 0 aromatic heterocycles. The fourth-order valence-corrected chi connectivity index (χ4v) is 0.566. The van der Waals surface area contributed by atoms with E-state index in [0.717, 1.165) is 5.32 Å². The molecular weight excluding hydrogens is 251 g/mol. The Labute approximate surface area is 83.6 Å². The minimum absolute atomic E-state index is 0.153. The molecule has 0 aliphatic rings. The molecular formula is C6H4F7NO2. The zero-order chi connectivity index (χ0) is 13.2. The molecule has 0 aromatic carbocycles. The first-order valence-electron chi connectivity index (χ1n) is 3.52. The fraction of sp³-hybridized carbons (Fsp3) is 0.667. The lowest BCUT2D eigenvalue weighted by Gasteiger charge is -2.26. The molecule has 3 nitrogen and oxygen atoms in total. The number of nitrogens with one attached hydrogen (secondary N) is 1. The van der Waals surface area contributed by atoms with Crippen molar-refractivity contribution in [2.45, 2.75) is 18.0 Å². The van der Waals surface area contributed by atoms with Crippen LogP contribution in [0.4, 0.5) is 30.7 Å².